The average Bonchev–Trinajstić information content (AvgIpc) is 3.17. The van der Waals surface area contributed by atoms with Gasteiger partial charge in [-0.3, -0.25) is 0 Å². The van der Waals surface area contributed by atoms with Crippen LogP contribution in [0.25, 0.3) is 0 Å². The lowest BCUT2D eigenvalue weighted by Crippen LogP contribution is -2.35. The van der Waals surface area contributed by atoms with Gasteiger partial charge in [0.15, 0.2) is 0 Å². The molecule has 1 fully saturated rings. The van der Waals surface area contributed by atoms with E-state index in [1.165, 1.54) is 43.4 Å². The summed E-state index contributed by atoms with van der Waals surface area (Å²) in [5.41, 5.74) is 2.81. The van der Waals surface area contributed by atoms with Gasteiger partial charge in [0.1, 0.15) is 5.75 Å². The molecule has 1 N–H and O–H groups in total. The second-order valence-electron chi connectivity index (χ2n) is 6.46. The topological polar surface area (TPSA) is 24.5 Å². The molecule has 1 aromatic carbocycles. The van der Waals surface area contributed by atoms with Gasteiger partial charge in [-0.2, -0.15) is 0 Å². The van der Waals surface area contributed by atoms with Crippen LogP contribution in [0.1, 0.15) is 36.8 Å². The van der Waals surface area contributed by atoms with Gasteiger partial charge in [0.05, 0.1) is 6.61 Å². The van der Waals surface area contributed by atoms with Crippen LogP contribution in [0.5, 0.6) is 5.75 Å². The molecule has 0 aromatic heterocycles. The van der Waals surface area contributed by atoms with E-state index >= 15 is 0 Å². The maximum Gasteiger partial charge on any atom is 0.122 e. The normalized spacial score (nSPS) is 18.2. The maximum absolute atomic E-state index is 5.55. The zero-order valence-electron chi connectivity index (χ0n) is 13.2. The van der Waals surface area contributed by atoms with E-state index in [4.69, 9.17) is 4.74 Å². The molecular weight excluding hydrogens is 260 g/mol. The van der Waals surface area contributed by atoms with Crippen LogP contribution in [0.15, 0.2) is 18.2 Å². The van der Waals surface area contributed by atoms with Crippen LogP contribution >= 0.6 is 0 Å². The van der Waals surface area contributed by atoms with Crippen molar-refractivity contribution in [3.63, 3.8) is 0 Å². The van der Waals surface area contributed by atoms with E-state index in [9.17, 15) is 0 Å². The predicted molar refractivity (Wildman–Crippen MR) is 87.1 cm³/mol. The third-order valence-electron chi connectivity index (χ3n) is 4.93. The van der Waals surface area contributed by atoms with Crippen molar-refractivity contribution in [2.24, 2.45) is 0 Å². The van der Waals surface area contributed by atoms with E-state index in [-0.39, 0.29) is 0 Å². The molecular formula is C18H28N2O. The van der Waals surface area contributed by atoms with Crippen molar-refractivity contribution in [3.05, 3.63) is 29.3 Å². The summed E-state index contributed by atoms with van der Waals surface area (Å²) in [4.78, 5) is 2.53. The Balaban J connectivity index is 1.33. The highest BCUT2D eigenvalue weighted by Crippen LogP contribution is 2.26. The fourth-order valence-corrected chi connectivity index (χ4v) is 3.54. The van der Waals surface area contributed by atoms with Gasteiger partial charge < -0.3 is 15.0 Å². The third-order valence-corrected chi connectivity index (χ3v) is 4.93. The highest BCUT2D eigenvalue weighted by Gasteiger charge is 2.18. The first-order chi connectivity index (χ1) is 10.3. The summed E-state index contributed by atoms with van der Waals surface area (Å²) in [5, 5.41) is 3.58. The zero-order valence-corrected chi connectivity index (χ0v) is 13.2. The minimum Gasteiger partial charge on any atom is -0.493 e. The lowest BCUT2D eigenvalue weighted by atomic mass is 10.1. The van der Waals surface area contributed by atoms with Crippen LogP contribution in [0, 0.1) is 0 Å². The molecule has 1 saturated carbocycles. The molecule has 3 nitrogen and oxygen atoms in total. The molecule has 2 aliphatic rings. The third kappa shape index (κ3) is 3.98. The molecule has 0 bridgehead atoms. The van der Waals surface area contributed by atoms with Gasteiger partial charge in [-0.15, -0.1) is 0 Å². The number of hydrogen-bond donors (Lipinski definition) is 1. The van der Waals surface area contributed by atoms with Crippen LogP contribution < -0.4 is 10.1 Å². The molecule has 1 aromatic rings. The quantitative estimate of drug-likeness (QED) is 0.781. The Bertz CT molecular complexity index is 455. The van der Waals surface area contributed by atoms with Crippen LogP contribution in [-0.2, 0) is 12.8 Å². The molecule has 3 rings (SSSR count). The maximum atomic E-state index is 5.55. The number of nitrogens with zero attached hydrogens (tertiary/aromatic N) is 1. The van der Waals surface area contributed by atoms with Gasteiger partial charge in [-0.05, 0) is 50.0 Å². The Morgan fingerprint density at radius 3 is 2.95 bits per heavy atom. The summed E-state index contributed by atoms with van der Waals surface area (Å²) in [6, 6.07) is 7.49. The first kappa shape index (κ1) is 14.9. The number of likely N-dealkylation sites (N-methyl/N-ethyl adjacent to an activating group) is 1. The van der Waals surface area contributed by atoms with Crippen molar-refractivity contribution in [3.8, 4) is 5.75 Å². The van der Waals surface area contributed by atoms with E-state index in [0.717, 1.165) is 44.3 Å². The van der Waals surface area contributed by atoms with Gasteiger partial charge in [0.25, 0.3) is 0 Å². The number of hydrogen-bond acceptors (Lipinski definition) is 3. The molecule has 0 atom stereocenters. The smallest absolute Gasteiger partial charge is 0.122 e. The molecule has 0 spiro atoms. The average molecular weight is 288 g/mol. The molecule has 0 amide bonds. The van der Waals surface area contributed by atoms with Crippen molar-refractivity contribution in [1.29, 1.82) is 0 Å². The first-order valence-corrected chi connectivity index (χ1v) is 8.48. The van der Waals surface area contributed by atoms with Crippen LogP contribution in [0.2, 0.25) is 0 Å². The SMILES string of the molecule is CN(CCNCCc1ccc2c(c1)CCO2)C1CCCC1. The second-order valence-corrected chi connectivity index (χ2v) is 6.46. The molecule has 1 aliphatic carbocycles. The number of benzene rings is 1. The molecule has 1 heterocycles. The van der Waals surface area contributed by atoms with Gasteiger partial charge in [0.2, 0.25) is 0 Å². The predicted octanol–water partition coefficient (Wildman–Crippen LogP) is 2.63. The van der Waals surface area contributed by atoms with Crippen molar-refractivity contribution in [1.82, 2.24) is 10.2 Å². The number of rotatable bonds is 7. The second kappa shape index (κ2) is 7.28. The van der Waals surface area contributed by atoms with E-state index in [2.05, 4.69) is 35.5 Å². The van der Waals surface area contributed by atoms with Gasteiger partial charge in [-0.1, -0.05) is 25.0 Å². The molecule has 0 unspecified atom stereocenters. The Morgan fingerprint density at radius 2 is 2.10 bits per heavy atom. The highest BCUT2D eigenvalue weighted by atomic mass is 16.5. The fourth-order valence-electron chi connectivity index (χ4n) is 3.54. The van der Waals surface area contributed by atoms with Crippen LogP contribution in [0.3, 0.4) is 0 Å². The van der Waals surface area contributed by atoms with E-state index in [1.807, 2.05) is 0 Å². The molecule has 0 saturated heterocycles. The summed E-state index contributed by atoms with van der Waals surface area (Å²) in [5.74, 6) is 1.09. The van der Waals surface area contributed by atoms with Crippen molar-refractivity contribution in [2.75, 3.05) is 33.3 Å². The summed E-state index contributed by atoms with van der Waals surface area (Å²) in [6.07, 6.45) is 7.82. The largest absolute Gasteiger partial charge is 0.493 e. The highest BCUT2D eigenvalue weighted by molar-refractivity contribution is 5.39. The zero-order chi connectivity index (χ0) is 14.5. The summed E-state index contributed by atoms with van der Waals surface area (Å²) >= 11 is 0. The van der Waals surface area contributed by atoms with E-state index in [1.54, 1.807) is 0 Å². The molecule has 1 aliphatic heterocycles. The standard InChI is InChI=1S/C18H28N2O/c1-20(17-4-2-3-5-17)12-11-19-10-8-15-6-7-18-16(14-15)9-13-21-18/h6-7,14,17,19H,2-5,8-13H2,1H3. The van der Waals surface area contributed by atoms with Crippen molar-refractivity contribution >= 4 is 0 Å². The molecule has 21 heavy (non-hydrogen) atoms. The molecule has 3 heteroatoms. The number of fused-ring (bicyclic) bond motifs is 1. The fraction of sp³-hybridized carbons (Fsp3) is 0.667. The minimum absolute atomic E-state index is 0.837. The molecule has 116 valence electrons. The Morgan fingerprint density at radius 1 is 1.24 bits per heavy atom. The molecule has 0 radical (unpaired) electrons. The first-order valence-electron chi connectivity index (χ1n) is 8.48. The van der Waals surface area contributed by atoms with Crippen molar-refractivity contribution in [2.45, 2.75) is 44.6 Å². The number of ether oxygens (including phenoxy) is 1. The van der Waals surface area contributed by atoms with Gasteiger partial charge in [0, 0.05) is 25.6 Å². The summed E-state index contributed by atoms with van der Waals surface area (Å²) in [6.45, 7) is 4.19. The summed E-state index contributed by atoms with van der Waals surface area (Å²) < 4.78 is 5.55. The Kier molecular flexibility index (Phi) is 5.15. The van der Waals surface area contributed by atoms with E-state index < -0.39 is 0 Å². The van der Waals surface area contributed by atoms with E-state index in [0.29, 0.717) is 0 Å². The monoisotopic (exact) mass is 288 g/mol. The Hall–Kier alpha value is -1.06. The summed E-state index contributed by atoms with van der Waals surface area (Å²) in [7, 11) is 2.28. The van der Waals surface area contributed by atoms with Crippen LogP contribution in [0.4, 0.5) is 0 Å². The lowest BCUT2D eigenvalue weighted by molar-refractivity contribution is 0.246. The van der Waals surface area contributed by atoms with Gasteiger partial charge in [-0.25, -0.2) is 0 Å². The minimum atomic E-state index is 0.837. The van der Waals surface area contributed by atoms with Gasteiger partial charge >= 0.3 is 0 Å². The Labute approximate surface area is 128 Å². The number of nitrogens with one attached hydrogen (secondary N) is 1. The van der Waals surface area contributed by atoms with Crippen molar-refractivity contribution < 1.29 is 4.74 Å². The van der Waals surface area contributed by atoms with Crippen LogP contribution in [-0.4, -0.2) is 44.2 Å². The lowest BCUT2D eigenvalue weighted by Gasteiger charge is -2.23.